The first-order chi connectivity index (χ1) is 7.74. The summed E-state index contributed by atoms with van der Waals surface area (Å²) in [5.41, 5.74) is 6.19. The fraction of sp³-hybridized carbons (Fsp3) is 0.273. The average Bonchev–Trinajstić information content (AvgIpc) is 2.29. The van der Waals surface area contributed by atoms with Crippen LogP contribution in [0.25, 0.3) is 0 Å². The molecule has 0 spiro atoms. The smallest absolute Gasteiger partial charge is 0.335 e. The third-order valence-electron chi connectivity index (χ3n) is 1.85. The molecule has 3 N–H and O–H groups in total. The van der Waals surface area contributed by atoms with E-state index in [1.165, 1.54) is 18.3 Å². The largest absolute Gasteiger partial charge is 0.478 e. The van der Waals surface area contributed by atoms with Gasteiger partial charge in [-0.3, -0.25) is 0 Å². The maximum absolute atomic E-state index is 10.7. The molecular formula is C11H14N2O3. The van der Waals surface area contributed by atoms with E-state index in [0.29, 0.717) is 18.7 Å². The van der Waals surface area contributed by atoms with E-state index in [2.05, 4.69) is 5.16 Å². The quantitative estimate of drug-likeness (QED) is 0.428. The minimum Gasteiger partial charge on any atom is -0.478 e. The van der Waals surface area contributed by atoms with E-state index in [4.69, 9.17) is 15.7 Å². The molecule has 0 radical (unpaired) electrons. The Labute approximate surface area is 93.5 Å². The number of hydrogen-bond acceptors (Lipinski definition) is 4. The van der Waals surface area contributed by atoms with Crippen molar-refractivity contribution in [2.24, 2.45) is 10.9 Å². The summed E-state index contributed by atoms with van der Waals surface area (Å²) in [7, 11) is 0. The molecule has 5 nitrogen and oxygen atoms in total. The van der Waals surface area contributed by atoms with Crippen molar-refractivity contribution in [1.29, 1.82) is 0 Å². The first-order valence-corrected chi connectivity index (χ1v) is 4.93. The molecule has 1 aromatic rings. The van der Waals surface area contributed by atoms with Crippen LogP contribution >= 0.6 is 0 Å². The summed E-state index contributed by atoms with van der Waals surface area (Å²) in [6, 6.07) is 6.46. The molecule has 0 heterocycles. The molecular weight excluding hydrogens is 208 g/mol. The van der Waals surface area contributed by atoms with Gasteiger partial charge >= 0.3 is 5.97 Å². The predicted molar refractivity (Wildman–Crippen MR) is 60.6 cm³/mol. The van der Waals surface area contributed by atoms with Crippen molar-refractivity contribution in [3.63, 3.8) is 0 Å². The summed E-state index contributed by atoms with van der Waals surface area (Å²) < 4.78 is 0. The third kappa shape index (κ3) is 4.10. The van der Waals surface area contributed by atoms with E-state index in [-0.39, 0.29) is 5.56 Å². The second-order valence-electron chi connectivity index (χ2n) is 3.14. The van der Waals surface area contributed by atoms with Crippen LogP contribution in [0.3, 0.4) is 0 Å². The lowest BCUT2D eigenvalue weighted by Gasteiger charge is -1.97. The van der Waals surface area contributed by atoms with E-state index >= 15 is 0 Å². The Kier molecular flexibility index (Phi) is 5.01. The molecule has 1 rings (SSSR count). The lowest BCUT2D eigenvalue weighted by molar-refractivity contribution is 0.0697. The Balaban J connectivity index is 2.53. The molecule has 0 saturated heterocycles. The number of aromatic carboxylic acids is 1. The number of nitrogens with two attached hydrogens (primary N) is 1. The summed E-state index contributed by atoms with van der Waals surface area (Å²) in [5, 5.41) is 12.5. The molecule has 0 atom stereocenters. The molecule has 0 unspecified atom stereocenters. The molecule has 0 aliphatic heterocycles. The molecule has 5 heteroatoms. The van der Waals surface area contributed by atoms with Gasteiger partial charge in [0.05, 0.1) is 11.8 Å². The van der Waals surface area contributed by atoms with Crippen LogP contribution in [0.15, 0.2) is 29.4 Å². The maximum Gasteiger partial charge on any atom is 0.335 e. The molecule has 86 valence electrons. The van der Waals surface area contributed by atoms with Gasteiger partial charge in [0.2, 0.25) is 0 Å². The maximum atomic E-state index is 10.7. The monoisotopic (exact) mass is 222 g/mol. The van der Waals surface area contributed by atoms with Gasteiger partial charge in [-0.1, -0.05) is 17.3 Å². The Hall–Kier alpha value is -1.88. The van der Waals surface area contributed by atoms with Crippen LogP contribution < -0.4 is 5.73 Å². The number of oxime groups is 1. The zero-order valence-corrected chi connectivity index (χ0v) is 8.80. The third-order valence-corrected chi connectivity index (χ3v) is 1.85. The second kappa shape index (κ2) is 6.58. The van der Waals surface area contributed by atoms with Crippen molar-refractivity contribution < 1.29 is 14.7 Å². The fourth-order valence-corrected chi connectivity index (χ4v) is 1.05. The number of carboxylic acid groups (broad SMARTS) is 1. The fourth-order valence-electron chi connectivity index (χ4n) is 1.05. The molecule has 16 heavy (non-hydrogen) atoms. The minimum atomic E-state index is -0.959. The molecule has 0 aliphatic rings. The highest BCUT2D eigenvalue weighted by Gasteiger charge is 2.01. The van der Waals surface area contributed by atoms with Crippen LogP contribution in [0, 0.1) is 0 Å². The highest BCUT2D eigenvalue weighted by atomic mass is 16.6. The SMILES string of the molecule is NCCCO/N=C/c1cccc(C(=O)O)c1. The Bertz CT molecular complexity index is 377. The molecule has 0 bridgehead atoms. The first kappa shape index (κ1) is 12.2. The molecule has 1 aromatic carbocycles. The number of nitrogens with zero attached hydrogens (tertiary/aromatic N) is 1. The number of rotatable bonds is 6. The van der Waals surface area contributed by atoms with Crippen molar-refractivity contribution in [3.05, 3.63) is 35.4 Å². The topological polar surface area (TPSA) is 84.9 Å². The highest BCUT2D eigenvalue weighted by molar-refractivity contribution is 5.90. The number of benzene rings is 1. The van der Waals surface area contributed by atoms with E-state index in [1.54, 1.807) is 12.1 Å². The Morgan fingerprint density at radius 1 is 1.56 bits per heavy atom. The van der Waals surface area contributed by atoms with Gasteiger partial charge in [-0.05, 0) is 30.7 Å². The minimum absolute atomic E-state index is 0.228. The van der Waals surface area contributed by atoms with Crippen LogP contribution in [-0.2, 0) is 4.84 Å². The second-order valence-corrected chi connectivity index (χ2v) is 3.14. The lowest BCUT2D eigenvalue weighted by atomic mass is 10.1. The molecule has 0 fully saturated rings. The Morgan fingerprint density at radius 2 is 2.38 bits per heavy atom. The van der Waals surface area contributed by atoms with Gasteiger partial charge < -0.3 is 15.7 Å². The number of hydrogen-bond donors (Lipinski definition) is 2. The van der Waals surface area contributed by atoms with Crippen LogP contribution in [0.5, 0.6) is 0 Å². The van der Waals surface area contributed by atoms with Gasteiger partial charge in [0.25, 0.3) is 0 Å². The van der Waals surface area contributed by atoms with Crippen LogP contribution in [0.2, 0.25) is 0 Å². The summed E-state index contributed by atoms with van der Waals surface area (Å²) in [4.78, 5) is 15.6. The number of carboxylic acids is 1. The summed E-state index contributed by atoms with van der Waals surface area (Å²) in [6.07, 6.45) is 2.22. The van der Waals surface area contributed by atoms with E-state index in [1.807, 2.05) is 0 Å². The molecule has 0 aliphatic carbocycles. The average molecular weight is 222 g/mol. The van der Waals surface area contributed by atoms with Crippen molar-refractivity contribution in [2.75, 3.05) is 13.2 Å². The van der Waals surface area contributed by atoms with Crippen molar-refractivity contribution in [3.8, 4) is 0 Å². The van der Waals surface area contributed by atoms with Gasteiger partial charge in [0, 0.05) is 0 Å². The highest BCUT2D eigenvalue weighted by Crippen LogP contribution is 2.03. The zero-order valence-electron chi connectivity index (χ0n) is 8.80. The number of carbonyl (C=O) groups is 1. The zero-order chi connectivity index (χ0) is 11.8. The van der Waals surface area contributed by atoms with Gasteiger partial charge in [0.15, 0.2) is 0 Å². The summed E-state index contributed by atoms with van der Waals surface area (Å²) in [5.74, 6) is -0.959. The van der Waals surface area contributed by atoms with Gasteiger partial charge in [0.1, 0.15) is 6.61 Å². The van der Waals surface area contributed by atoms with Crippen molar-refractivity contribution in [1.82, 2.24) is 0 Å². The van der Waals surface area contributed by atoms with Gasteiger partial charge in [-0.15, -0.1) is 0 Å². The predicted octanol–water partition coefficient (Wildman–Crippen LogP) is 1.08. The van der Waals surface area contributed by atoms with Gasteiger partial charge in [-0.2, -0.15) is 0 Å². The van der Waals surface area contributed by atoms with Crippen LogP contribution in [0.1, 0.15) is 22.3 Å². The Morgan fingerprint density at radius 3 is 3.06 bits per heavy atom. The van der Waals surface area contributed by atoms with Crippen LogP contribution in [0.4, 0.5) is 0 Å². The molecule has 0 saturated carbocycles. The molecule has 0 amide bonds. The summed E-state index contributed by atoms with van der Waals surface area (Å²) in [6.45, 7) is 1.02. The van der Waals surface area contributed by atoms with Crippen LogP contribution in [-0.4, -0.2) is 30.4 Å². The van der Waals surface area contributed by atoms with Crippen molar-refractivity contribution in [2.45, 2.75) is 6.42 Å². The van der Waals surface area contributed by atoms with E-state index in [9.17, 15) is 4.79 Å². The molecule has 0 aromatic heterocycles. The van der Waals surface area contributed by atoms with E-state index in [0.717, 1.165) is 6.42 Å². The summed E-state index contributed by atoms with van der Waals surface area (Å²) >= 11 is 0. The van der Waals surface area contributed by atoms with E-state index < -0.39 is 5.97 Å². The van der Waals surface area contributed by atoms with Gasteiger partial charge in [-0.25, -0.2) is 4.79 Å². The van der Waals surface area contributed by atoms with Crippen molar-refractivity contribution >= 4 is 12.2 Å². The normalized spacial score (nSPS) is 10.6. The standard InChI is InChI=1S/C11H14N2O3/c12-5-2-6-16-13-8-9-3-1-4-10(7-9)11(14)15/h1,3-4,7-8H,2,5-6,12H2,(H,14,15)/b13-8+. The first-order valence-electron chi connectivity index (χ1n) is 4.93. The lowest BCUT2D eigenvalue weighted by Crippen LogP contribution is -2.02.